The van der Waals surface area contributed by atoms with Crippen LogP contribution in [0.4, 0.5) is 0 Å². The molecule has 8 nitrogen and oxygen atoms in total. The van der Waals surface area contributed by atoms with E-state index in [1.54, 1.807) is 45.0 Å². The van der Waals surface area contributed by atoms with Crippen LogP contribution < -0.4 is 0 Å². The first-order chi connectivity index (χ1) is 14.8. The highest BCUT2D eigenvalue weighted by atomic mass is 16.7. The number of hydrogen-bond donors (Lipinski definition) is 0. The molecule has 0 fully saturated rings. The molecule has 2 atom stereocenters. The summed E-state index contributed by atoms with van der Waals surface area (Å²) in [6, 6.07) is 8.91. The van der Waals surface area contributed by atoms with Gasteiger partial charge in [0.05, 0.1) is 32.3 Å². The second-order valence-electron chi connectivity index (χ2n) is 6.64. The molecule has 0 spiro atoms. The van der Waals surface area contributed by atoms with Crippen LogP contribution in [-0.2, 0) is 44.5 Å². The SMILES string of the molecule is C#CCC(OC(C)=O)OC(C)COC(Cc1ccccc1)(C(=O)OCC)C(=O)OCC. The maximum atomic E-state index is 12.9. The Morgan fingerprint density at radius 2 is 1.65 bits per heavy atom. The van der Waals surface area contributed by atoms with Crippen molar-refractivity contribution in [3.63, 3.8) is 0 Å². The van der Waals surface area contributed by atoms with E-state index in [-0.39, 0.29) is 32.7 Å². The molecule has 0 heterocycles. The van der Waals surface area contributed by atoms with E-state index in [9.17, 15) is 14.4 Å². The average molecular weight is 434 g/mol. The van der Waals surface area contributed by atoms with E-state index in [0.29, 0.717) is 5.56 Å². The van der Waals surface area contributed by atoms with Gasteiger partial charge in [-0.3, -0.25) is 4.79 Å². The van der Waals surface area contributed by atoms with Gasteiger partial charge in [0.15, 0.2) is 0 Å². The fraction of sp³-hybridized carbons (Fsp3) is 0.522. The van der Waals surface area contributed by atoms with Crippen LogP contribution in [0, 0.1) is 12.3 Å². The second kappa shape index (κ2) is 13.4. The van der Waals surface area contributed by atoms with E-state index in [4.69, 9.17) is 30.1 Å². The van der Waals surface area contributed by atoms with E-state index >= 15 is 0 Å². The molecule has 0 aliphatic rings. The maximum Gasteiger partial charge on any atom is 0.350 e. The second-order valence-corrected chi connectivity index (χ2v) is 6.64. The molecule has 0 saturated carbocycles. The Balaban J connectivity index is 3.11. The maximum absolute atomic E-state index is 12.9. The highest BCUT2D eigenvalue weighted by Crippen LogP contribution is 2.24. The Morgan fingerprint density at radius 1 is 1.06 bits per heavy atom. The first-order valence-corrected chi connectivity index (χ1v) is 10.1. The molecule has 0 N–H and O–H groups in total. The summed E-state index contributed by atoms with van der Waals surface area (Å²) in [7, 11) is 0. The summed E-state index contributed by atoms with van der Waals surface area (Å²) in [4.78, 5) is 37.0. The van der Waals surface area contributed by atoms with Gasteiger partial charge in [-0.05, 0) is 26.3 Å². The number of hydrogen-bond acceptors (Lipinski definition) is 8. The van der Waals surface area contributed by atoms with Gasteiger partial charge < -0.3 is 23.7 Å². The van der Waals surface area contributed by atoms with E-state index < -0.39 is 35.9 Å². The lowest BCUT2D eigenvalue weighted by molar-refractivity contribution is -0.207. The minimum Gasteiger partial charge on any atom is -0.463 e. The summed E-state index contributed by atoms with van der Waals surface area (Å²) in [6.45, 7) is 6.06. The van der Waals surface area contributed by atoms with Crippen LogP contribution in [0.1, 0.15) is 39.7 Å². The molecule has 1 aromatic carbocycles. The van der Waals surface area contributed by atoms with Crippen LogP contribution in [0.25, 0.3) is 0 Å². The van der Waals surface area contributed by atoms with Gasteiger partial charge in [0.25, 0.3) is 5.60 Å². The van der Waals surface area contributed by atoms with Crippen molar-refractivity contribution in [3.05, 3.63) is 35.9 Å². The van der Waals surface area contributed by atoms with E-state index in [2.05, 4.69) is 5.92 Å². The summed E-state index contributed by atoms with van der Waals surface area (Å²) in [5.74, 6) is 0.0975. The largest absolute Gasteiger partial charge is 0.463 e. The number of carbonyl (C=O) groups is 3. The topological polar surface area (TPSA) is 97.4 Å². The van der Waals surface area contributed by atoms with E-state index in [0.717, 1.165) is 0 Å². The molecule has 0 bridgehead atoms. The molecule has 170 valence electrons. The van der Waals surface area contributed by atoms with Crippen molar-refractivity contribution in [2.75, 3.05) is 19.8 Å². The normalized spacial score (nSPS) is 12.9. The van der Waals surface area contributed by atoms with Crippen molar-refractivity contribution in [1.82, 2.24) is 0 Å². The van der Waals surface area contributed by atoms with Gasteiger partial charge in [-0.15, -0.1) is 12.3 Å². The molecule has 1 aromatic rings. The fourth-order valence-electron chi connectivity index (χ4n) is 2.73. The third-order valence-corrected chi connectivity index (χ3v) is 4.04. The molecule has 0 aromatic heterocycles. The summed E-state index contributed by atoms with van der Waals surface area (Å²) in [5, 5.41) is 0. The fourth-order valence-corrected chi connectivity index (χ4v) is 2.73. The molecule has 0 amide bonds. The van der Waals surface area contributed by atoms with Crippen molar-refractivity contribution in [2.45, 2.75) is 58.5 Å². The Morgan fingerprint density at radius 3 is 2.13 bits per heavy atom. The third-order valence-electron chi connectivity index (χ3n) is 4.04. The van der Waals surface area contributed by atoms with E-state index in [1.165, 1.54) is 6.92 Å². The van der Waals surface area contributed by atoms with Crippen LogP contribution in [0.3, 0.4) is 0 Å². The zero-order valence-corrected chi connectivity index (χ0v) is 18.4. The van der Waals surface area contributed by atoms with Gasteiger partial charge in [-0.1, -0.05) is 30.3 Å². The zero-order chi connectivity index (χ0) is 23.3. The van der Waals surface area contributed by atoms with Gasteiger partial charge >= 0.3 is 17.9 Å². The van der Waals surface area contributed by atoms with Crippen LogP contribution in [0.2, 0.25) is 0 Å². The summed E-state index contributed by atoms with van der Waals surface area (Å²) in [6.07, 6.45) is 3.58. The van der Waals surface area contributed by atoms with Crippen molar-refractivity contribution in [3.8, 4) is 12.3 Å². The van der Waals surface area contributed by atoms with Crippen LogP contribution in [-0.4, -0.2) is 55.7 Å². The lowest BCUT2D eigenvalue weighted by Gasteiger charge is -2.31. The number of carbonyl (C=O) groups excluding carboxylic acids is 3. The van der Waals surface area contributed by atoms with Gasteiger partial charge in [0.1, 0.15) is 0 Å². The highest BCUT2D eigenvalue weighted by molar-refractivity contribution is 6.04. The molecular formula is C23H30O8. The standard InChI is InChI=1S/C23H30O8/c1-6-12-20(31-18(5)24)30-17(4)16-29-23(21(25)27-7-2,22(26)28-8-3)15-19-13-10-9-11-14-19/h1,9-11,13-14,17,20H,7-8,12,15-16H2,2-5H3. The third kappa shape index (κ3) is 8.40. The molecule has 31 heavy (non-hydrogen) atoms. The zero-order valence-electron chi connectivity index (χ0n) is 18.4. The quantitative estimate of drug-likeness (QED) is 0.154. The van der Waals surface area contributed by atoms with Crippen molar-refractivity contribution in [2.24, 2.45) is 0 Å². The van der Waals surface area contributed by atoms with Crippen molar-refractivity contribution >= 4 is 17.9 Å². The Bertz CT molecular complexity index is 735. The summed E-state index contributed by atoms with van der Waals surface area (Å²) in [5.41, 5.74) is -1.34. The molecule has 8 heteroatoms. The number of benzene rings is 1. The van der Waals surface area contributed by atoms with Crippen LogP contribution in [0.15, 0.2) is 30.3 Å². The van der Waals surface area contributed by atoms with Gasteiger partial charge in [-0.2, -0.15) is 0 Å². The Kier molecular flexibility index (Phi) is 11.3. The summed E-state index contributed by atoms with van der Waals surface area (Å²) >= 11 is 0. The molecular weight excluding hydrogens is 404 g/mol. The molecule has 0 aliphatic heterocycles. The van der Waals surface area contributed by atoms with Crippen LogP contribution in [0.5, 0.6) is 0 Å². The number of rotatable bonds is 13. The molecule has 1 rings (SSSR count). The first kappa shape index (κ1) is 26.1. The average Bonchev–Trinajstić information content (AvgIpc) is 2.72. The number of ether oxygens (including phenoxy) is 5. The molecule has 0 aliphatic carbocycles. The molecule has 2 unspecified atom stereocenters. The van der Waals surface area contributed by atoms with Crippen molar-refractivity contribution in [1.29, 1.82) is 0 Å². The van der Waals surface area contributed by atoms with E-state index in [1.807, 2.05) is 6.07 Å². The smallest absolute Gasteiger partial charge is 0.350 e. The minimum atomic E-state index is -2.02. The monoisotopic (exact) mass is 434 g/mol. The van der Waals surface area contributed by atoms with Gasteiger partial charge in [0, 0.05) is 13.3 Å². The lowest BCUT2D eigenvalue weighted by atomic mass is 9.94. The van der Waals surface area contributed by atoms with Gasteiger partial charge in [-0.25, -0.2) is 9.59 Å². The lowest BCUT2D eigenvalue weighted by Crippen LogP contribution is -2.54. The van der Waals surface area contributed by atoms with Crippen molar-refractivity contribution < 1.29 is 38.1 Å². The predicted octanol–water partition coefficient (Wildman–Crippen LogP) is 2.43. The van der Waals surface area contributed by atoms with Gasteiger partial charge in [0.2, 0.25) is 6.29 Å². The van der Waals surface area contributed by atoms with Crippen LogP contribution >= 0.6 is 0 Å². The summed E-state index contributed by atoms with van der Waals surface area (Å²) < 4.78 is 26.8. The Labute approximate surface area is 183 Å². The predicted molar refractivity (Wildman–Crippen MR) is 112 cm³/mol. The highest BCUT2D eigenvalue weighted by Gasteiger charge is 2.51. The number of esters is 3. The minimum absolute atomic E-state index is 0.0365. The molecule has 0 saturated heterocycles. The number of terminal acetylenes is 1. The first-order valence-electron chi connectivity index (χ1n) is 10.1. The Hall–Kier alpha value is -2.89. The molecule has 0 radical (unpaired) electrons.